The molecule has 7 heteroatoms. The zero-order chi connectivity index (χ0) is 18.1. The lowest BCUT2D eigenvalue weighted by Crippen LogP contribution is -2.49. The molecule has 0 aromatic heterocycles. The van der Waals surface area contributed by atoms with Gasteiger partial charge in [0.25, 0.3) is 0 Å². The summed E-state index contributed by atoms with van der Waals surface area (Å²) in [5.41, 5.74) is 1.05. The Bertz CT molecular complexity index is 583. The molecule has 0 aliphatic carbocycles. The van der Waals surface area contributed by atoms with Gasteiger partial charge in [0.2, 0.25) is 5.91 Å². The molecular formula is C18H25N3O4. The number of benzene rings is 1. The van der Waals surface area contributed by atoms with Crippen LogP contribution in [-0.2, 0) is 20.9 Å². The van der Waals surface area contributed by atoms with Crippen LogP contribution >= 0.6 is 0 Å². The first-order valence-corrected chi connectivity index (χ1v) is 8.51. The highest BCUT2D eigenvalue weighted by atomic mass is 16.5. The second-order valence-electron chi connectivity index (χ2n) is 6.04. The fraction of sp³-hybridized carbons (Fsp3) is 0.500. The number of urea groups is 1. The molecule has 0 saturated carbocycles. The summed E-state index contributed by atoms with van der Waals surface area (Å²) in [6.07, 6.45) is 1.70. The molecule has 0 unspecified atom stereocenters. The maximum atomic E-state index is 12.0. The average Bonchev–Trinajstić information content (AvgIpc) is 2.65. The van der Waals surface area contributed by atoms with Crippen LogP contribution in [0.1, 0.15) is 31.2 Å². The van der Waals surface area contributed by atoms with Crippen LogP contribution in [0.25, 0.3) is 0 Å². The maximum absolute atomic E-state index is 12.0. The zero-order valence-electron chi connectivity index (χ0n) is 14.5. The Morgan fingerprint density at radius 3 is 2.44 bits per heavy atom. The molecule has 25 heavy (non-hydrogen) atoms. The predicted molar refractivity (Wildman–Crippen MR) is 92.7 cm³/mol. The molecule has 136 valence electrons. The Labute approximate surface area is 147 Å². The molecule has 0 spiro atoms. The zero-order valence-corrected chi connectivity index (χ0v) is 14.5. The minimum atomic E-state index is -0.375. The van der Waals surface area contributed by atoms with Crippen LogP contribution in [0.5, 0.6) is 0 Å². The summed E-state index contributed by atoms with van der Waals surface area (Å²) in [5.74, 6) is -0.419. The predicted octanol–water partition coefficient (Wildman–Crippen LogP) is 1.43. The number of piperidine rings is 1. The van der Waals surface area contributed by atoms with Crippen LogP contribution in [-0.4, -0.2) is 49.0 Å². The lowest BCUT2D eigenvalue weighted by atomic mass is 10.0. The Kier molecular flexibility index (Phi) is 7.25. The van der Waals surface area contributed by atoms with E-state index in [1.807, 2.05) is 30.3 Å². The van der Waals surface area contributed by atoms with Crippen LogP contribution < -0.4 is 10.6 Å². The molecule has 1 aromatic rings. The van der Waals surface area contributed by atoms with Gasteiger partial charge in [-0.2, -0.15) is 0 Å². The second kappa shape index (κ2) is 9.66. The van der Waals surface area contributed by atoms with Gasteiger partial charge < -0.3 is 20.3 Å². The van der Waals surface area contributed by atoms with Crippen LogP contribution in [0, 0.1) is 0 Å². The van der Waals surface area contributed by atoms with Crippen molar-refractivity contribution in [2.45, 2.75) is 38.3 Å². The third-order valence-electron chi connectivity index (χ3n) is 4.25. The number of hydrogen-bond donors (Lipinski definition) is 2. The molecular weight excluding hydrogens is 322 g/mol. The molecule has 0 bridgehead atoms. The number of nitrogens with one attached hydrogen (secondary N) is 2. The molecule has 0 atom stereocenters. The Morgan fingerprint density at radius 2 is 1.80 bits per heavy atom. The largest absolute Gasteiger partial charge is 0.469 e. The van der Waals surface area contributed by atoms with Crippen LogP contribution in [0.4, 0.5) is 4.79 Å². The second-order valence-corrected chi connectivity index (χ2v) is 6.04. The summed E-state index contributed by atoms with van der Waals surface area (Å²) in [5, 5.41) is 5.78. The van der Waals surface area contributed by atoms with E-state index in [4.69, 9.17) is 0 Å². The van der Waals surface area contributed by atoms with Crippen molar-refractivity contribution >= 4 is 17.9 Å². The molecule has 1 saturated heterocycles. The number of hydrogen-bond acceptors (Lipinski definition) is 4. The van der Waals surface area contributed by atoms with Crippen molar-refractivity contribution in [3.63, 3.8) is 0 Å². The van der Waals surface area contributed by atoms with E-state index >= 15 is 0 Å². The van der Waals surface area contributed by atoms with Gasteiger partial charge in [-0.3, -0.25) is 9.59 Å². The summed E-state index contributed by atoms with van der Waals surface area (Å²) < 4.78 is 4.54. The van der Waals surface area contributed by atoms with Gasteiger partial charge in [-0.05, 0) is 18.4 Å². The average molecular weight is 347 g/mol. The Morgan fingerprint density at radius 1 is 1.12 bits per heavy atom. The number of carbonyl (C=O) groups is 3. The summed E-state index contributed by atoms with van der Waals surface area (Å²) in [6.45, 7) is 1.66. The molecule has 1 aliphatic heterocycles. The fourth-order valence-electron chi connectivity index (χ4n) is 2.76. The van der Waals surface area contributed by atoms with Crippen molar-refractivity contribution in [1.82, 2.24) is 15.5 Å². The van der Waals surface area contributed by atoms with E-state index in [0.717, 1.165) is 5.56 Å². The molecule has 2 rings (SSSR count). The van der Waals surface area contributed by atoms with E-state index in [2.05, 4.69) is 15.4 Å². The topological polar surface area (TPSA) is 87.7 Å². The minimum absolute atomic E-state index is 0.0441. The lowest BCUT2D eigenvalue weighted by Gasteiger charge is -2.32. The van der Waals surface area contributed by atoms with Gasteiger partial charge in [0.15, 0.2) is 0 Å². The normalized spacial score (nSPS) is 14.7. The number of amides is 3. The van der Waals surface area contributed by atoms with Gasteiger partial charge in [-0.15, -0.1) is 0 Å². The smallest absolute Gasteiger partial charge is 0.315 e. The summed E-state index contributed by atoms with van der Waals surface area (Å²) in [4.78, 5) is 36.8. The van der Waals surface area contributed by atoms with E-state index in [1.165, 1.54) is 7.11 Å². The summed E-state index contributed by atoms with van der Waals surface area (Å²) in [6, 6.07) is 9.57. The third kappa shape index (κ3) is 6.45. The summed E-state index contributed by atoms with van der Waals surface area (Å²) in [7, 11) is 1.31. The molecule has 3 amide bonds. The minimum Gasteiger partial charge on any atom is -0.469 e. The van der Waals surface area contributed by atoms with Gasteiger partial charge in [0, 0.05) is 32.1 Å². The van der Waals surface area contributed by atoms with E-state index in [-0.39, 0.29) is 36.8 Å². The number of esters is 1. The van der Waals surface area contributed by atoms with Crippen molar-refractivity contribution in [3.05, 3.63) is 35.9 Å². The number of ether oxygens (including phenoxy) is 1. The Hall–Kier alpha value is -2.57. The summed E-state index contributed by atoms with van der Waals surface area (Å²) >= 11 is 0. The van der Waals surface area contributed by atoms with Crippen molar-refractivity contribution in [2.75, 3.05) is 20.2 Å². The van der Waals surface area contributed by atoms with E-state index in [0.29, 0.717) is 32.5 Å². The lowest BCUT2D eigenvalue weighted by molar-refractivity contribution is -0.143. The van der Waals surface area contributed by atoms with Gasteiger partial charge >= 0.3 is 12.0 Å². The van der Waals surface area contributed by atoms with E-state index in [1.54, 1.807) is 4.90 Å². The number of carbonyl (C=O) groups excluding carboxylic acids is 3. The molecule has 1 aliphatic rings. The van der Waals surface area contributed by atoms with Gasteiger partial charge in [0.1, 0.15) is 0 Å². The molecule has 1 fully saturated rings. The van der Waals surface area contributed by atoms with E-state index < -0.39 is 0 Å². The highest BCUT2D eigenvalue weighted by molar-refractivity contribution is 5.81. The van der Waals surface area contributed by atoms with Crippen molar-refractivity contribution < 1.29 is 19.1 Å². The third-order valence-corrected chi connectivity index (χ3v) is 4.25. The molecule has 7 nitrogen and oxygen atoms in total. The van der Waals surface area contributed by atoms with Gasteiger partial charge in [-0.1, -0.05) is 30.3 Å². The first-order chi connectivity index (χ1) is 12.1. The van der Waals surface area contributed by atoms with Gasteiger partial charge in [-0.25, -0.2) is 4.79 Å². The van der Waals surface area contributed by atoms with Crippen molar-refractivity contribution in [3.8, 4) is 0 Å². The van der Waals surface area contributed by atoms with E-state index in [9.17, 15) is 14.4 Å². The molecule has 1 heterocycles. The maximum Gasteiger partial charge on any atom is 0.315 e. The Balaban J connectivity index is 1.65. The standard InChI is InChI=1S/C18H25N3O4/c1-25-17(23)8-7-16(22)21-11-9-15(10-12-21)20-18(24)19-13-14-5-3-2-4-6-14/h2-6,15H,7-13H2,1H3,(H2,19,20,24). The number of likely N-dealkylation sites (tertiary alicyclic amines) is 1. The van der Waals surface area contributed by atoms with Crippen molar-refractivity contribution in [2.24, 2.45) is 0 Å². The highest BCUT2D eigenvalue weighted by Crippen LogP contribution is 2.12. The fourth-order valence-corrected chi connectivity index (χ4v) is 2.76. The number of rotatable bonds is 6. The van der Waals surface area contributed by atoms with Crippen molar-refractivity contribution in [1.29, 1.82) is 0 Å². The van der Waals surface area contributed by atoms with Crippen LogP contribution in [0.15, 0.2) is 30.3 Å². The monoisotopic (exact) mass is 347 g/mol. The quantitative estimate of drug-likeness (QED) is 0.762. The molecule has 2 N–H and O–H groups in total. The van der Waals surface area contributed by atoms with Gasteiger partial charge in [0.05, 0.1) is 13.5 Å². The van der Waals surface area contributed by atoms with Crippen LogP contribution in [0.3, 0.4) is 0 Å². The highest BCUT2D eigenvalue weighted by Gasteiger charge is 2.24. The first-order valence-electron chi connectivity index (χ1n) is 8.51. The van der Waals surface area contributed by atoms with Crippen LogP contribution in [0.2, 0.25) is 0 Å². The first kappa shape index (κ1) is 18.8. The molecule has 0 radical (unpaired) electrons. The number of methoxy groups -OCH3 is 1. The number of nitrogens with zero attached hydrogens (tertiary/aromatic N) is 1. The molecule has 1 aromatic carbocycles. The SMILES string of the molecule is COC(=O)CCC(=O)N1CCC(NC(=O)NCc2ccccc2)CC1.